The highest BCUT2D eigenvalue weighted by Gasteiger charge is 2.23. The van der Waals surface area contributed by atoms with Crippen LogP contribution in [0.3, 0.4) is 0 Å². The van der Waals surface area contributed by atoms with Crippen LogP contribution in [0, 0.1) is 12.8 Å². The molecule has 3 aromatic carbocycles. The molecule has 0 fully saturated rings. The number of carbonyl (C=O) groups excluding carboxylic acids is 1. The van der Waals surface area contributed by atoms with Gasteiger partial charge in [-0.05, 0) is 73.7 Å². The third kappa shape index (κ3) is 5.71. The van der Waals surface area contributed by atoms with Crippen molar-refractivity contribution in [1.82, 2.24) is 0 Å². The van der Waals surface area contributed by atoms with Crippen molar-refractivity contribution < 1.29 is 14.3 Å². The molecule has 0 heterocycles. The Morgan fingerprint density at radius 1 is 0.882 bits per heavy atom. The third-order valence-electron chi connectivity index (χ3n) is 5.69. The Hall–Kier alpha value is -3.47. The molecule has 2 N–H and O–H groups in total. The molecule has 5 heteroatoms. The van der Waals surface area contributed by atoms with Gasteiger partial charge in [-0.25, -0.2) is 4.79 Å². The summed E-state index contributed by atoms with van der Waals surface area (Å²) in [5.41, 5.74) is 7.06. The largest absolute Gasteiger partial charge is 0.496 e. The minimum Gasteiger partial charge on any atom is -0.496 e. The number of rotatable bonds is 9. The molecular formula is C29H36N2O3. The first-order valence-corrected chi connectivity index (χ1v) is 11.8. The smallest absolute Gasteiger partial charge is 0.338 e. The predicted molar refractivity (Wildman–Crippen MR) is 142 cm³/mol. The first-order valence-electron chi connectivity index (χ1n) is 11.8. The number of nitrogens with one attached hydrogen (secondary N) is 2. The molecule has 0 atom stereocenters. The zero-order chi connectivity index (χ0) is 24.8. The summed E-state index contributed by atoms with van der Waals surface area (Å²) in [7, 11) is 3.08. The van der Waals surface area contributed by atoms with Crippen molar-refractivity contribution in [1.29, 1.82) is 0 Å². The van der Waals surface area contributed by atoms with E-state index in [4.69, 9.17) is 9.47 Å². The number of hydrogen-bond acceptors (Lipinski definition) is 5. The number of benzene rings is 3. The van der Waals surface area contributed by atoms with E-state index in [1.165, 1.54) is 7.11 Å². The van der Waals surface area contributed by atoms with Crippen LogP contribution in [0.5, 0.6) is 5.75 Å². The first kappa shape index (κ1) is 25.2. The lowest BCUT2D eigenvalue weighted by Gasteiger charge is -2.20. The van der Waals surface area contributed by atoms with E-state index < -0.39 is 0 Å². The summed E-state index contributed by atoms with van der Waals surface area (Å²) < 4.78 is 11.0. The minimum absolute atomic E-state index is 0.347. The molecule has 3 rings (SSSR count). The zero-order valence-corrected chi connectivity index (χ0v) is 21.3. The predicted octanol–water partition coefficient (Wildman–Crippen LogP) is 7.01. The van der Waals surface area contributed by atoms with Crippen molar-refractivity contribution in [2.45, 2.75) is 40.7 Å². The summed E-state index contributed by atoms with van der Waals surface area (Å²) >= 11 is 0. The molecular weight excluding hydrogens is 424 g/mol. The molecule has 34 heavy (non-hydrogen) atoms. The Bertz CT molecular complexity index is 1120. The molecule has 0 amide bonds. The number of methoxy groups -OCH3 is 2. The lowest BCUT2D eigenvalue weighted by molar-refractivity contribution is 0.0601. The van der Waals surface area contributed by atoms with Crippen LogP contribution in [-0.2, 0) is 4.74 Å². The van der Waals surface area contributed by atoms with Crippen molar-refractivity contribution in [3.05, 3.63) is 65.7 Å². The Morgan fingerprint density at radius 3 is 2.00 bits per heavy atom. The Labute approximate surface area is 203 Å². The number of hydrogen-bond donors (Lipinski definition) is 2. The summed E-state index contributed by atoms with van der Waals surface area (Å²) in [6.07, 6.45) is 0. The van der Waals surface area contributed by atoms with Crippen molar-refractivity contribution in [2.24, 2.45) is 5.92 Å². The van der Waals surface area contributed by atoms with E-state index in [1.807, 2.05) is 61.5 Å². The summed E-state index contributed by atoms with van der Waals surface area (Å²) in [4.78, 5) is 12.9. The van der Waals surface area contributed by atoms with Gasteiger partial charge >= 0.3 is 5.97 Å². The van der Waals surface area contributed by atoms with E-state index in [1.54, 1.807) is 7.11 Å². The third-order valence-corrected chi connectivity index (χ3v) is 5.69. The number of esters is 1. The van der Waals surface area contributed by atoms with E-state index in [-0.39, 0.29) is 5.97 Å². The van der Waals surface area contributed by atoms with E-state index in [0.29, 0.717) is 23.3 Å². The van der Waals surface area contributed by atoms with Crippen LogP contribution in [0.4, 0.5) is 11.4 Å². The highest BCUT2D eigenvalue weighted by molar-refractivity contribution is 6.02. The lowest BCUT2D eigenvalue weighted by atomic mass is 9.88. The molecule has 5 nitrogen and oxygen atoms in total. The molecule has 180 valence electrons. The lowest BCUT2D eigenvalue weighted by Crippen LogP contribution is -2.10. The van der Waals surface area contributed by atoms with E-state index in [9.17, 15) is 4.79 Å². The van der Waals surface area contributed by atoms with Crippen LogP contribution in [-0.4, -0.2) is 32.8 Å². The van der Waals surface area contributed by atoms with Gasteiger partial charge < -0.3 is 20.1 Å². The minimum atomic E-state index is -0.364. The zero-order valence-electron chi connectivity index (χ0n) is 21.3. The van der Waals surface area contributed by atoms with Gasteiger partial charge in [0.15, 0.2) is 0 Å². The molecule has 3 aromatic rings. The fourth-order valence-electron chi connectivity index (χ4n) is 4.06. The number of anilines is 2. The average Bonchev–Trinajstić information content (AvgIpc) is 2.82. The molecule has 0 saturated heterocycles. The Kier molecular flexibility index (Phi) is 8.21. The van der Waals surface area contributed by atoms with Gasteiger partial charge in [0.1, 0.15) is 5.75 Å². The maximum Gasteiger partial charge on any atom is 0.338 e. The Morgan fingerprint density at radius 2 is 1.47 bits per heavy atom. The van der Waals surface area contributed by atoms with E-state index in [0.717, 1.165) is 45.7 Å². The second-order valence-corrected chi connectivity index (χ2v) is 9.22. The highest BCUT2D eigenvalue weighted by atomic mass is 16.5. The maximum absolute atomic E-state index is 12.9. The quantitative estimate of drug-likeness (QED) is 0.336. The molecule has 0 bridgehead atoms. The maximum atomic E-state index is 12.9. The molecule has 0 aliphatic heterocycles. The van der Waals surface area contributed by atoms with Gasteiger partial charge in [-0.2, -0.15) is 0 Å². The molecule has 0 unspecified atom stereocenters. The van der Waals surface area contributed by atoms with Crippen LogP contribution < -0.4 is 15.4 Å². The SMILES string of the molecule is COC(=O)c1c(-c2ccc(NCC(C)C)cc2)cc(OC)c(-c2ccc(NC(C)C)cc2)c1C. The molecule has 0 aliphatic carbocycles. The second-order valence-electron chi connectivity index (χ2n) is 9.22. The molecule has 0 aromatic heterocycles. The summed E-state index contributed by atoms with van der Waals surface area (Å²) in [6.45, 7) is 11.4. The van der Waals surface area contributed by atoms with E-state index >= 15 is 0 Å². The van der Waals surface area contributed by atoms with Gasteiger partial charge in [0, 0.05) is 35.1 Å². The highest BCUT2D eigenvalue weighted by Crippen LogP contribution is 2.41. The van der Waals surface area contributed by atoms with Crippen molar-refractivity contribution in [2.75, 3.05) is 31.4 Å². The second kappa shape index (κ2) is 11.1. The molecule has 0 radical (unpaired) electrons. The normalized spacial score (nSPS) is 11.0. The van der Waals surface area contributed by atoms with Gasteiger partial charge in [0.05, 0.1) is 19.8 Å². The number of ether oxygens (including phenoxy) is 2. The average molecular weight is 461 g/mol. The van der Waals surface area contributed by atoms with Crippen LogP contribution >= 0.6 is 0 Å². The summed E-state index contributed by atoms with van der Waals surface area (Å²) in [6, 6.07) is 18.6. The standard InChI is InChI=1S/C29H36N2O3/c1-18(2)17-30-23-12-8-21(9-13-23)25-16-26(33-6)27(20(5)28(25)29(32)34-7)22-10-14-24(15-11-22)31-19(3)4/h8-16,18-19,30-31H,17H2,1-7H3. The van der Waals surface area contributed by atoms with Crippen molar-refractivity contribution in [3.8, 4) is 28.0 Å². The van der Waals surface area contributed by atoms with Crippen molar-refractivity contribution >= 4 is 17.3 Å². The fourth-order valence-corrected chi connectivity index (χ4v) is 4.06. The van der Waals surface area contributed by atoms with Crippen molar-refractivity contribution in [3.63, 3.8) is 0 Å². The van der Waals surface area contributed by atoms with Crippen LogP contribution in [0.25, 0.3) is 22.3 Å². The number of carbonyl (C=O) groups is 1. The summed E-state index contributed by atoms with van der Waals surface area (Å²) in [5.74, 6) is 0.906. The van der Waals surface area contributed by atoms with Gasteiger partial charge in [-0.15, -0.1) is 0 Å². The monoisotopic (exact) mass is 460 g/mol. The Balaban J connectivity index is 2.10. The van der Waals surface area contributed by atoms with Gasteiger partial charge in [0.2, 0.25) is 0 Å². The van der Waals surface area contributed by atoms with Gasteiger partial charge in [-0.1, -0.05) is 38.1 Å². The molecule has 0 saturated carbocycles. The molecule has 0 aliphatic rings. The topological polar surface area (TPSA) is 59.6 Å². The van der Waals surface area contributed by atoms with Crippen LogP contribution in [0.15, 0.2) is 54.6 Å². The van der Waals surface area contributed by atoms with E-state index in [2.05, 4.69) is 38.3 Å². The summed E-state index contributed by atoms with van der Waals surface area (Å²) in [5, 5.41) is 6.84. The molecule has 0 spiro atoms. The first-order chi connectivity index (χ1) is 16.2. The van der Waals surface area contributed by atoms with Crippen LogP contribution in [0.1, 0.15) is 43.6 Å². The van der Waals surface area contributed by atoms with Gasteiger partial charge in [-0.3, -0.25) is 0 Å². The van der Waals surface area contributed by atoms with Gasteiger partial charge in [0.25, 0.3) is 0 Å². The van der Waals surface area contributed by atoms with Crippen LogP contribution in [0.2, 0.25) is 0 Å². The fraction of sp³-hybridized carbons (Fsp3) is 0.345.